The quantitative estimate of drug-likeness (QED) is 0.802. The number of nitrogens with one attached hydrogen (secondary N) is 1. The Bertz CT molecular complexity index is 423. The van der Waals surface area contributed by atoms with E-state index in [1.807, 2.05) is 31.2 Å². The van der Waals surface area contributed by atoms with Gasteiger partial charge in [0.15, 0.2) is 0 Å². The second-order valence-electron chi connectivity index (χ2n) is 4.39. The summed E-state index contributed by atoms with van der Waals surface area (Å²) in [6.45, 7) is 1.95. The molecule has 1 aliphatic heterocycles. The Morgan fingerprint density at radius 3 is 2.12 bits per heavy atom. The van der Waals surface area contributed by atoms with Gasteiger partial charge in [-0.3, -0.25) is 14.9 Å². The number of halogens is 1. The monoisotopic (exact) mass is 281 g/mol. The van der Waals surface area contributed by atoms with E-state index in [-0.39, 0.29) is 17.2 Å². The molecule has 2 rings (SSSR count). The van der Waals surface area contributed by atoms with E-state index in [2.05, 4.69) is 21.2 Å². The SMILES string of the molecule is CC1(c2ccc(Br)cc2)CC(=O)NC(=O)C1. The van der Waals surface area contributed by atoms with Crippen molar-refractivity contribution in [2.24, 2.45) is 0 Å². The zero-order chi connectivity index (χ0) is 11.8. The van der Waals surface area contributed by atoms with Crippen LogP contribution in [0.15, 0.2) is 28.7 Å². The first-order valence-corrected chi connectivity index (χ1v) is 5.88. The van der Waals surface area contributed by atoms with Gasteiger partial charge in [0.05, 0.1) is 0 Å². The van der Waals surface area contributed by atoms with Crippen LogP contribution in [0.5, 0.6) is 0 Å². The van der Waals surface area contributed by atoms with Crippen LogP contribution >= 0.6 is 15.9 Å². The molecule has 16 heavy (non-hydrogen) atoms. The van der Waals surface area contributed by atoms with Crippen LogP contribution in [-0.2, 0) is 15.0 Å². The molecular formula is C12H12BrNO2. The first-order chi connectivity index (χ1) is 7.49. The normalized spacial score (nSPS) is 19.4. The van der Waals surface area contributed by atoms with Crippen LogP contribution < -0.4 is 5.32 Å². The lowest BCUT2D eigenvalue weighted by molar-refractivity contribution is -0.135. The molecule has 0 aliphatic carbocycles. The van der Waals surface area contributed by atoms with E-state index in [1.54, 1.807) is 0 Å². The third-order valence-electron chi connectivity index (χ3n) is 2.92. The number of hydrogen-bond acceptors (Lipinski definition) is 2. The Morgan fingerprint density at radius 2 is 1.62 bits per heavy atom. The standard InChI is InChI=1S/C12H12BrNO2/c1-12(6-10(15)14-11(16)7-12)8-2-4-9(13)5-3-8/h2-5H,6-7H2,1H3,(H,14,15,16). The fourth-order valence-corrected chi connectivity index (χ4v) is 2.34. The molecule has 1 fully saturated rings. The average Bonchev–Trinajstić information content (AvgIpc) is 2.16. The van der Waals surface area contributed by atoms with Gasteiger partial charge in [-0.1, -0.05) is 35.0 Å². The molecule has 84 valence electrons. The van der Waals surface area contributed by atoms with Crippen molar-refractivity contribution < 1.29 is 9.59 Å². The fraction of sp³-hybridized carbons (Fsp3) is 0.333. The molecule has 1 aliphatic rings. The Labute approximate surface area is 102 Å². The largest absolute Gasteiger partial charge is 0.296 e. The van der Waals surface area contributed by atoms with Gasteiger partial charge in [0, 0.05) is 22.7 Å². The summed E-state index contributed by atoms with van der Waals surface area (Å²) in [4.78, 5) is 22.8. The van der Waals surface area contributed by atoms with Crippen molar-refractivity contribution in [1.82, 2.24) is 5.32 Å². The van der Waals surface area contributed by atoms with Crippen molar-refractivity contribution in [3.05, 3.63) is 34.3 Å². The van der Waals surface area contributed by atoms with Crippen LogP contribution in [0.2, 0.25) is 0 Å². The highest BCUT2D eigenvalue weighted by Gasteiger charge is 2.36. The Kier molecular flexibility index (Phi) is 2.84. The van der Waals surface area contributed by atoms with Crippen molar-refractivity contribution in [3.8, 4) is 0 Å². The maximum absolute atomic E-state index is 11.4. The maximum Gasteiger partial charge on any atom is 0.227 e. The molecular weight excluding hydrogens is 270 g/mol. The lowest BCUT2D eigenvalue weighted by atomic mass is 9.74. The van der Waals surface area contributed by atoms with Crippen LogP contribution in [0, 0.1) is 0 Å². The number of carbonyl (C=O) groups excluding carboxylic acids is 2. The predicted octanol–water partition coefficient (Wildman–Crippen LogP) is 2.14. The number of imide groups is 1. The summed E-state index contributed by atoms with van der Waals surface area (Å²) in [6.07, 6.45) is 0.723. The van der Waals surface area contributed by atoms with E-state index in [1.165, 1.54) is 0 Å². The molecule has 0 bridgehead atoms. The van der Waals surface area contributed by atoms with Crippen LogP contribution in [-0.4, -0.2) is 11.8 Å². The van der Waals surface area contributed by atoms with E-state index in [0.717, 1.165) is 10.0 Å². The molecule has 1 aromatic rings. The van der Waals surface area contributed by atoms with Gasteiger partial charge < -0.3 is 0 Å². The summed E-state index contributed by atoms with van der Waals surface area (Å²) >= 11 is 3.36. The molecule has 2 amide bonds. The smallest absolute Gasteiger partial charge is 0.227 e. The number of amides is 2. The Hall–Kier alpha value is -1.16. The molecule has 1 N–H and O–H groups in total. The molecule has 1 aromatic carbocycles. The third kappa shape index (κ3) is 2.16. The number of carbonyl (C=O) groups is 2. The van der Waals surface area contributed by atoms with Gasteiger partial charge in [0.1, 0.15) is 0 Å². The van der Waals surface area contributed by atoms with E-state index in [9.17, 15) is 9.59 Å². The highest BCUT2D eigenvalue weighted by molar-refractivity contribution is 9.10. The molecule has 0 spiro atoms. The van der Waals surface area contributed by atoms with Gasteiger partial charge in [0.25, 0.3) is 0 Å². The molecule has 1 heterocycles. The minimum atomic E-state index is -0.375. The van der Waals surface area contributed by atoms with Crippen LogP contribution in [0.4, 0.5) is 0 Å². The summed E-state index contributed by atoms with van der Waals surface area (Å²) in [5.41, 5.74) is 0.652. The summed E-state index contributed by atoms with van der Waals surface area (Å²) in [5, 5.41) is 2.33. The van der Waals surface area contributed by atoms with E-state index in [4.69, 9.17) is 0 Å². The van der Waals surface area contributed by atoms with Crippen LogP contribution in [0.3, 0.4) is 0 Å². The first kappa shape index (κ1) is 11.3. The van der Waals surface area contributed by atoms with E-state index < -0.39 is 0 Å². The Morgan fingerprint density at radius 1 is 1.12 bits per heavy atom. The van der Waals surface area contributed by atoms with E-state index in [0.29, 0.717) is 12.8 Å². The third-order valence-corrected chi connectivity index (χ3v) is 3.45. The van der Waals surface area contributed by atoms with Gasteiger partial charge in [-0.25, -0.2) is 0 Å². The van der Waals surface area contributed by atoms with Crippen molar-refractivity contribution in [2.45, 2.75) is 25.2 Å². The number of hydrogen-bond donors (Lipinski definition) is 1. The molecule has 1 saturated heterocycles. The summed E-state index contributed by atoms with van der Waals surface area (Å²) in [6, 6.07) is 7.76. The second kappa shape index (κ2) is 4.01. The zero-order valence-corrected chi connectivity index (χ0v) is 10.5. The summed E-state index contributed by atoms with van der Waals surface area (Å²) < 4.78 is 0.992. The van der Waals surface area contributed by atoms with Crippen LogP contribution in [0.25, 0.3) is 0 Å². The Balaban J connectivity index is 2.33. The maximum atomic E-state index is 11.4. The van der Waals surface area contributed by atoms with Gasteiger partial charge in [0.2, 0.25) is 11.8 Å². The highest BCUT2D eigenvalue weighted by Crippen LogP contribution is 2.34. The topological polar surface area (TPSA) is 46.2 Å². The average molecular weight is 282 g/mol. The minimum absolute atomic E-state index is 0.193. The van der Waals surface area contributed by atoms with Crippen molar-refractivity contribution >= 4 is 27.7 Å². The lowest BCUT2D eigenvalue weighted by Crippen LogP contribution is -2.45. The van der Waals surface area contributed by atoms with Gasteiger partial charge >= 0.3 is 0 Å². The van der Waals surface area contributed by atoms with Crippen molar-refractivity contribution in [3.63, 3.8) is 0 Å². The summed E-state index contributed by atoms with van der Waals surface area (Å²) in [5.74, 6) is -0.386. The van der Waals surface area contributed by atoms with Crippen molar-refractivity contribution in [1.29, 1.82) is 0 Å². The first-order valence-electron chi connectivity index (χ1n) is 5.08. The molecule has 3 nitrogen and oxygen atoms in total. The van der Waals surface area contributed by atoms with Crippen LogP contribution in [0.1, 0.15) is 25.3 Å². The van der Waals surface area contributed by atoms with Gasteiger partial charge in [-0.15, -0.1) is 0 Å². The van der Waals surface area contributed by atoms with Crippen molar-refractivity contribution in [2.75, 3.05) is 0 Å². The van der Waals surface area contributed by atoms with Gasteiger partial charge in [-0.05, 0) is 17.7 Å². The number of rotatable bonds is 1. The number of piperidine rings is 1. The molecule has 4 heteroatoms. The molecule has 0 saturated carbocycles. The minimum Gasteiger partial charge on any atom is -0.296 e. The molecule has 0 atom stereocenters. The zero-order valence-electron chi connectivity index (χ0n) is 8.92. The second-order valence-corrected chi connectivity index (χ2v) is 5.31. The van der Waals surface area contributed by atoms with E-state index >= 15 is 0 Å². The van der Waals surface area contributed by atoms with Gasteiger partial charge in [-0.2, -0.15) is 0 Å². The molecule has 0 aromatic heterocycles. The molecule has 0 unspecified atom stereocenters. The fourth-order valence-electron chi connectivity index (χ4n) is 2.07. The lowest BCUT2D eigenvalue weighted by Gasteiger charge is -2.32. The number of benzene rings is 1. The summed E-state index contributed by atoms with van der Waals surface area (Å²) in [7, 11) is 0. The molecule has 0 radical (unpaired) electrons. The highest BCUT2D eigenvalue weighted by atomic mass is 79.9. The predicted molar refractivity (Wildman–Crippen MR) is 63.9 cm³/mol.